The summed E-state index contributed by atoms with van der Waals surface area (Å²) >= 11 is 0. The van der Waals surface area contributed by atoms with Gasteiger partial charge < -0.3 is 4.74 Å². The number of para-hydroxylation sites is 1. The fraction of sp³-hybridized carbons (Fsp3) is 0.250. The first-order chi connectivity index (χ1) is 14.3. The van der Waals surface area contributed by atoms with Crippen molar-refractivity contribution in [1.82, 2.24) is 14.5 Å². The molecule has 0 aliphatic carbocycles. The third kappa shape index (κ3) is 3.14. The van der Waals surface area contributed by atoms with E-state index in [0.29, 0.717) is 23.3 Å². The summed E-state index contributed by atoms with van der Waals surface area (Å²) in [7, 11) is 0. The second-order valence-electron chi connectivity index (χ2n) is 8.63. The van der Waals surface area contributed by atoms with Gasteiger partial charge >= 0.3 is 5.97 Å². The molecule has 0 unspecified atom stereocenters. The minimum atomic E-state index is -0.508. The maximum atomic E-state index is 12.9. The van der Waals surface area contributed by atoms with Gasteiger partial charge in [-0.15, -0.1) is 0 Å². The first kappa shape index (κ1) is 18.5. The van der Waals surface area contributed by atoms with E-state index in [1.54, 1.807) is 10.6 Å². The monoisotopic (exact) mass is 399 g/mol. The fourth-order valence-electron chi connectivity index (χ4n) is 3.90. The highest BCUT2D eigenvalue weighted by molar-refractivity contribution is 5.86. The van der Waals surface area contributed by atoms with Gasteiger partial charge in [-0.25, -0.2) is 9.97 Å². The smallest absolute Gasteiger partial charge is 0.310 e. The van der Waals surface area contributed by atoms with E-state index in [1.807, 2.05) is 63.2 Å². The van der Waals surface area contributed by atoms with Crippen molar-refractivity contribution in [1.29, 1.82) is 0 Å². The summed E-state index contributed by atoms with van der Waals surface area (Å²) in [6.45, 7) is 6.02. The van der Waals surface area contributed by atoms with Gasteiger partial charge in [0.15, 0.2) is 5.82 Å². The first-order valence-electron chi connectivity index (χ1n) is 9.93. The number of hydrogen-bond donors (Lipinski definition) is 0. The van der Waals surface area contributed by atoms with Crippen LogP contribution in [-0.2, 0) is 22.5 Å². The Bertz CT molecular complexity index is 1400. The molecule has 3 heterocycles. The number of ether oxygens (including phenoxy) is 1. The van der Waals surface area contributed by atoms with E-state index < -0.39 is 5.60 Å². The van der Waals surface area contributed by atoms with Gasteiger partial charge in [0.05, 0.1) is 29.4 Å². The quantitative estimate of drug-likeness (QED) is 0.422. The zero-order valence-corrected chi connectivity index (χ0v) is 17.1. The van der Waals surface area contributed by atoms with Crippen LogP contribution in [0.3, 0.4) is 0 Å². The molecule has 30 heavy (non-hydrogen) atoms. The number of rotatable bonds is 2. The number of esters is 1. The highest BCUT2D eigenvalue weighted by Gasteiger charge is 2.24. The van der Waals surface area contributed by atoms with E-state index in [0.717, 1.165) is 27.7 Å². The van der Waals surface area contributed by atoms with Crippen molar-refractivity contribution in [3.05, 3.63) is 70.0 Å². The molecule has 0 N–H and O–H groups in total. The Hall–Kier alpha value is -3.54. The molecule has 5 rings (SSSR count). The maximum Gasteiger partial charge on any atom is 0.310 e. The SMILES string of the molecule is CC(C)(C)OC(=O)Cc1ccc2nc3c(cc2c1)Cn1c-3nc2ccccc2c1=O. The van der Waals surface area contributed by atoms with Crippen LogP contribution in [0.2, 0.25) is 0 Å². The number of carbonyl (C=O) groups excluding carboxylic acids is 1. The number of aromatic nitrogens is 3. The van der Waals surface area contributed by atoms with Crippen molar-refractivity contribution in [3.63, 3.8) is 0 Å². The molecule has 0 fully saturated rings. The molecule has 0 spiro atoms. The Morgan fingerprint density at radius 1 is 1.07 bits per heavy atom. The van der Waals surface area contributed by atoms with Crippen LogP contribution < -0.4 is 5.56 Å². The minimum Gasteiger partial charge on any atom is -0.460 e. The van der Waals surface area contributed by atoms with Crippen LogP contribution in [0.5, 0.6) is 0 Å². The third-order valence-electron chi connectivity index (χ3n) is 5.13. The van der Waals surface area contributed by atoms with Gasteiger partial charge in [0.2, 0.25) is 0 Å². The predicted molar refractivity (Wildman–Crippen MR) is 115 cm³/mol. The summed E-state index contributed by atoms with van der Waals surface area (Å²) in [6, 6.07) is 15.2. The first-order valence-corrected chi connectivity index (χ1v) is 9.93. The molecule has 0 radical (unpaired) electrons. The van der Waals surface area contributed by atoms with Crippen LogP contribution in [0.15, 0.2) is 53.3 Å². The summed E-state index contributed by atoms with van der Waals surface area (Å²) in [5.41, 5.74) is 3.49. The molecule has 2 aromatic heterocycles. The van der Waals surface area contributed by atoms with E-state index in [-0.39, 0.29) is 17.9 Å². The van der Waals surface area contributed by atoms with E-state index in [1.165, 1.54) is 0 Å². The Kier molecular flexibility index (Phi) is 4.00. The van der Waals surface area contributed by atoms with Gasteiger partial charge in [-0.2, -0.15) is 0 Å². The molecule has 0 atom stereocenters. The average Bonchev–Trinajstić information content (AvgIpc) is 3.03. The van der Waals surface area contributed by atoms with Crippen LogP contribution in [0.25, 0.3) is 33.3 Å². The molecule has 1 aliphatic rings. The molecule has 0 saturated heterocycles. The average molecular weight is 399 g/mol. The van der Waals surface area contributed by atoms with Gasteiger partial charge in [-0.1, -0.05) is 18.2 Å². The summed E-state index contributed by atoms with van der Waals surface area (Å²) in [5, 5.41) is 1.54. The van der Waals surface area contributed by atoms with Crippen molar-refractivity contribution in [2.45, 2.75) is 39.3 Å². The molecule has 0 bridgehead atoms. The molecular weight excluding hydrogens is 378 g/mol. The second-order valence-corrected chi connectivity index (χ2v) is 8.63. The fourth-order valence-corrected chi connectivity index (χ4v) is 3.90. The molecule has 6 heteroatoms. The summed E-state index contributed by atoms with van der Waals surface area (Å²) < 4.78 is 7.10. The van der Waals surface area contributed by atoms with Crippen LogP contribution in [0.4, 0.5) is 0 Å². The Balaban J connectivity index is 1.55. The largest absolute Gasteiger partial charge is 0.460 e. The van der Waals surface area contributed by atoms with Crippen LogP contribution >= 0.6 is 0 Å². The van der Waals surface area contributed by atoms with Crippen molar-refractivity contribution >= 4 is 27.8 Å². The lowest BCUT2D eigenvalue weighted by molar-refractivity contribution is -0.153. The van der Waals surface area contributed by atoms with Crippen molar-refractivity contribution in [2.24, 2.45) is 0 Å². The molecule has 4 aromatic rings. The van der Waals surface area contributed by atoms with Crippen LogP contribution in [-0.4, -0.2) is 26.1 Å². The Morgan fingerprint density at radius 2 is 1.87 bits per heavy atom. The van der Waals surface area contributed by atoms with Crippen molar-refractivity contribution < 1.29 is 9.53 Å². The number of benzene rings is 2. The molecule has 1 aliphatic heterocycles. The normalized spacial score (nSPS) is 12.8. The zero-order chi connectivity index (χ0) is 21.0. The topological polar surface area (TPSA) is 74.1 Å². The van der Waals surface area contributed by atoms with Crippen LogP contribution in [0.1, 0.15) is 31.9 Å². The number of fused-ring (bicyclic) bond motifs is 5. The predicted octanol–water partition coefficient (Wildman–Crippen LogP) is 3.86. The lowest BCUT2D eigenvalue weighted by atomic mass is 10.1. The van der Waals surface area contributed by atoms with Gasteiger partial charge in [0.25, 0.3) is 5.56 Å². The minimum absolute atomic E-state index is 0.0525. The highest BCUT2D eigenvalue weighted by atomic mass is 16.6. The standard InChI is InChI=1S/C24H21N3O3/c1-24(2,3)30-20(28)11-14-8-9-18-15(10-14)12-16-13-27-22(21(16)25-18)26-19-7-5-4-6-17(19)23(27)29/h4-10,12H,11,13H2,1-3H3. The van der Waals surface area contributed by atoms with E-state index in [2.05, 4.69) is 0 Å². The van der Waals surface area contributed by atoms with Gasteiger partial charge in [-0.3, -0.25) is 14.2 Å². The number of carbonyl (C=O) groups is 1. The number of pyridine rings is 1. The Morgan fingerprint density at radius 3 is 2.67 bits per heavy atom. The van der Waals surface area contributed by atoms with E-state index in [4.69, 9.17) is 14.7 Å². The molecule has 0 saturated carbocycles. The number of hydrogen-bond acceptors (Lipinski definition) is 5. The summed E-state index contributed by atoms with van der Waals surface area (Å²) in [5.74, 6) is 0.347. The van der Waals surface area contributed by atoms with E-state index >= 15 is 0 Å². The molecule has 150 valence electrons. The second kappa shape index (κ2) is 6.49. The molecular formula is C24H21N3O3. The maximum absolute atomic E-state index is 12.9. The van der Waals surface area contributed by atoms with Gasteiger partial charge in [0, 0.05) is 10.9 Å². The Labute approximate surface area is 173 Å². The lowest BCUT2D eigenvalue weighted by Gasteiger charge is -2.19. The number of nitrogens with zero attached hydrogens (tertiary/aromatic N) is 3. The van der Waals surface area contributed by atoms with E-state index in [9.17, 15) is 9.59 Å². The van der Waals surface area contributed by atoms with Crippen LogP contribution in [0, 0.1) is 0 Å². The zero-order valence-electron chi connectivity index (χ0n) is 17.1. The summed E-state index contributed by atoms with van der Waals surface area (Å²) in [4.78, 5) is 34.6. The third-order valence-corrected chi connectivity index (χ3v) is 5.13. The van der Waals surface area contributed by atoms with Crippen molar-refractivity contribution in [2.75, 3.05) is 0 Å². The molecule has 0 amide bonds. The molecule has 2 aromatic carbocycles. The van der Waals surface area contributed by atoms with Gasteiger partial charge in [0.1, 0.15) is 11.3 Å². The van der Waals surface area contributed by atoms with Crippen molar-refractivity contribution in [3.8, 4) is 11.5 Å². The summed E-state index contributed by atoms with van der Waals surface area (Å²) in [6.07, 6.45) is 0.205. The molecule has 6 nitrogen and oxygen atoms in total. The lowest BCUT2D eigenvalue weighted by Crippen LogP contribution is -2.24. The highest BCUT2D eigenvalue weighted by Crippen LogP contribution is 2.31. The van der Waals surface area contributed by atoms with Gasteiger partial charge in [-0.05, 0) is 56.7 Å².